The van der Waals surface area contributed by atoms with Gasteiger partial charge in [-0.25, -0.2) is 4.79 Å². The molecule has 0 unspecified atom stereocenters. The minimum Gasteiger partial charge on any atom is -0.422 e. The molecule has 0 bridgehead atoms. The van der Waals surface area contributed by atoms with Gasteiger partial charge in [-0.3, -0.25) is 4.79 Å². The molecule has 0 saturated carbocycles. The summed E-state index contributed by atoms with van der Waals surface area (Å²) in [5.74, 6) is -0.418. The fraction of sp³-hybridized carbons (Fsp3) is 0.308. The molecule has 0 saturated heterocycles. The first-order chi connectivity index (χ1) is 14.9. The standard InChI is InChI=1S/C26H30N2O3/c1-6-27(7-2)21-13-10-19(11-14-21)18(5)25(29)23-16-20-12-15-22(28(8-3)9-4)17-24(20)31-26(23)30/h10-17H,5-9H2,1-4H3. The van der Waals surface area contributed by atoms with Crippen LogP contribution in [0.3, 0.4) is 0 Å². The van der Waals surface area contributed by atoms with Crippen molar-refractivity contribution in [2.75, 3.05) is 36.0 Å². The number of anilines is 2. The normalized spacial score (nSPS) is 10.8. The first-order valence-corrected chi connectivity index (χ1v) is 10.8. The van der Waals surface area contributed by atoms with Crippen LogP contribution in [-0.2, 0) is 0 Å². The molecule has 0 atom stereocenters. The highest BCUT2D eigenvalue weighted by Crippen LogP contribution is 2.25. The van der Waals surface area contributed by atoms with Crippen molar-refractivity contribution in [3.8, 4) is 0 Å². The molecular weight excluding hydrogens is 388 g/mol. The molecule has 0 amide bonds. The molecule has 0 fully saturated rings. The lowest BCUT2D eigenvalue weighted by Gasteiger charge is -2.21. The summed E-state index contributed by atoms with van der Waals surface area (Å²) in [6, 6.07) is 15.0. The first kappa shape index (κ1) is 22.3. The molecule has 3 aromatic rings. The number of allylic oxidation sites excluding steroid dienone is 1. The lowest BCUT2D eigenvalue weighted by atomic mass is 9.98. The van der Waals surface area contributed by atoms with Crippen LogP contribution in [0.15, 0.2) is 64.3 Å². The Hall–Kier alpha value is -3.34. The molecule has 162 valence electrons. The van der Waals surface area contributed by atoms with Gasteiger partial charge in [0.25, 0.3) is 0 Å². The Kier molecular flexibility index (Phi) is 6.95. The van der Waals surface area contributed by atoms with Crippen LogP contribution in [0.5, 0.6) is 0 Å². The second-order valence-corrected chi connectivity index (χ2v) is 7.37. The van der Waals surface area contributed by atoms with Gasteiger partial charge >= 0.3 is 5.63 Å². The SMILES string of the molecule is C=C(C(=O)c1cc2ccc(N(CC)CC)cc2oc1=O)c1ccc(N(CC)CC)cc1. The number of carbonyl (C=O) groups is 1. The van der Waals surface area contributed by atoms with Crippen molar-refractivity contribution in [3.63, 3.8) is 0 Å². The smallest absolute Gasteiger partial charge is 0.347 e. The van der Waals surface area contributed by atoms with Crippen molar-refractivity contribution < 1.29 is 9.21 Å². The van der Waals surface area contributed by atoms with Crippen LogP contribution in [0.1, 0.15) is 43.6 Å². The predicted octanol–water partition coefficient (Wildman–Crippen LogP) is 5.38. The highest BCUT2D eigenvalue weighted by atomic mass is 16.4. The number of hydrogen-bond acceptors (Lipinski definition) is 5. The van der Waals surface area contributed by atoms with E-state index in [0.717, 1.165) is 37.6 Å². The van der Waals surface area contributed by atoms with Crippen molar-refractivity contribution in [2.45, 2.75) is 27.7 Å². The van der Waals surface area contributed by atoms with Gasteiger partial charge in [0, 0.05) is 54.6 Å². The van der Waals surface area contributed by atoms with E-state index in [2.05, 4.69) is 44.1 Å². The van der Waals surface area contributed by atoms with Gasteiger partial charge in [-0.05, 0) is 63.6 Å². The molecule has 31 heavy (non-hydrogen) atoms. The summed E-state index contributed by atoms with van der Waals surface area (Å²) in [4.78, 5) is 30.0. The van der Waals surface area contributed by atoms with Gasteiger partial charge < -0.3 is 14.2 Å². The molecule has 0 N–H and O–H groups in total. The third kappa shape index (κ3) is 4.55. The first-order valence-electron chi connectivity index (χ1n) is 10.8. The number of benzene rings is 2. The van der Waals surface area contributed by atoms with E-state index >= 15 is 0 Å². The van der Waals surface area contributed by atoms with Crippen LogP contribution < -0.4 is 15.4 Å². The van der Waals surface area contributed by atoms with Gasteiger partial charge in [-0.1, -0.05) is 18.7 Å². The topological polar surface area (TPSA) is 53.8 Å². The summed E-state index contributed by atoms with van der Waals surface area (Å²) in [6.45, 7) is 15.8. The summed E-state index contributed by atoms with van der Waals surface area (Å²) in [7, 11) is 0. The van der Waals surface area contributed by atoms with E-state index in [1.165, 1.54) is 0 Å². The zero-order valence-electron chi connectivity index (χ0n) is 18.8. The third-order valence-corrected chi connectivity index (χ3v) is 5.71. The Morgan fingerprint density at radius 3 is 1.97 bits per heavy atom. The molecule has 5 nitrogen and oxygen atoms in total. The third-order valence-electron chi connectivity index (χ3n) is 5.71. The molecule has 0 spiro atoms. The number of rotatable bonds is 9. The Balaban J connectivity index is 1.91. The van der Waals surface area contributed by atoms with E-state index in [0.29, 0.717) is 16.5 Å². The lowest BCUT2D eigenvalue weighted by molar-refractivity contribution is 0.105. The molecule has 0 aliphatic rings. The number of fused-ring (bicyclic) bond motifs is 1. The van der Waals surface area contributed by atoms with Crippen molar-refractivity contribution in [2.24, 2.45) is 0 Å². The molecule has 5 heteroatoms. The molecule has 0 radical (unpaired) electrons. The monoisotopic (exact) mass is 418 g/mol. The molecule has 0 aliphatic heterocycles. The lowest BCUT2D eigenvalue weighted by Crippen LogP contribution is -2.21. The maximum atomic E-state index is 13.0. The Labute approximate surface area is 183 Å². The number of Topliss-reactive ketones (excluding diaryl/α,β-unsaturated/α-hetero) is 1. The summed E-state index contributed by atoms with van der Waals surface area (Å²) in [5.41, 5.74) is 2.87. The maximum Gasteiger partial charge on any atom is 0.347 e. The van der Waals surface area contributed by atoms with Crippen molar-refractivity contribution in [1.82, 2.24) is 0 Å². The van der Waals surface area contributed by atoms with E-state index in [9.17, 15) is 9.59 Å². The van der Waals surface area contributed by atoms with Crippen molar-refractivity contribution in [3.05, 3.63) is 76.7 Å². The van der Waals surface area contributed by atoms with Gasteiger partial charge in [0.1, 0.15) is 11.1 Å². The largest absolute Gasteiger partial charge is 0.422 e. The van der Waals surface area contributed by atoms with Crippen LogP contribution in [0.4, 0.5) is 11.4 Å². The molecule has 1 aromatic heterocycles. The van der Waals surface area contributed by atoms with Gasteiger partial charge in [0.15, 0.2) is 5.78 Å². The highest BCUT2D eigenvalue weighted by Gasteiger charge is 2.19. The van der Waals surface area contributed by atoms with E-state index in [1.54, 1.807) is 6.07 Å². The average Bonchev–Trinajstić information content (AvgIpc) is 2.79. The van der Waals surface area contributed by atoms with Gasteiger partial charge in [0.05, 0.1) is 0 Å². The van der Waals surface area contributed by atoms with E-state index < -0.39 is 11.4 Å². The zero-order chi connectivity index (χ0) is 22.5. The molecular formula is C26H30N2O3. The predicted molar refractivity (Wildman–Crippen MR) is 129 cm³/mol. The zero-order valence-corrected chi connectivity index (χ0v) is 18.8. The second kappa shape index (κ2) is 9.65. The fourth-order valence-electron chi connectivity index (χ4n) is 3.80. The number of carbonyl (C=O) groups excluding carboxylic acids is 1. The maximum absolute atomic E-state index is 13.0. The van der Waals surface area contributed by atoms with Crippen molar-refractivity contribution >= 4 is 33.7 Å². The summed E-state index contributed by atoms with van der Waals surface area (Å²) < 4.78 is 5.51. The van der Waals surface area contributed by atoms with Crippen LogP contribution in [0.2, 0.25) is 0 Å². The van der Waals surface area contributed by atoms with E-state index in [1.807, 2.05) is 42.5 Å². The van der Waals surface area contributed by atoms with Crippen molar-refractivity contribution in [1.29, 1.82) is 0 Å². The average molecular weight is 419 g/mol. The second-order valence-electron chi connectivity index (χ2n) is 7.37. The number of hydrogen-bond donors (Lipinski definition) is 0. The summed E-state index contributed by atoms with van der Waals surface area (Å²) in [6.07, 6.45) is 0. The quantitative estimate of drug-likeness (QED) is 0.265. The van der Waals surface area contributed by atoms with Crippen LogP contribution in [0, 0.1) is 0 Å². The molecule has 1 heterocycles. The van der Waals surface area contributed by atoms with Crippen LogP contribution in [-0.4, -0.2) is 32.0 Å². The molecule has 0 aliphatic carbocycles. The Bertz CT molecular complexity index is 1140. The van der Waals surface area contributed by atoms with E-state index in [-0.39, 0.29) is 11.1 Å². The fourth-order valence-corrected chi connectivity index (χ4v) is 3.80. The van der Waals surface area contributed by atoms with Gasteiger partial charge in [0.2, 0.25) is 0 Å². The summed E-state index contributed by atoms with van der Waals surface area (Å²) in [5, 5.41) is 0.712. The van der Waals surface area contributed by atoms with Gasteiger partial charge in [-0.15, -0.1) is 0 Å². The number of nitrogens with zero attached hydrogens (tertiary/aromatic N) is 2. The van der Waals surface area contributed by atoms with Crippen LogP contribution >= 0.6 is 0 Å². The van der Waals surface area contributed by atoms with Gasteiger partial charge in [-0.2, -0.15) is 0 Å². The Morgan fingerprint density at radius 2 is 1.39 bits per heavy atom. The van der Waals surface area contributed by atoms with E-state index in [4.69, 9.17) is 4.42 Å². The highest BCUT2D eigenvalue weighted by molar-refractivity contribution is 6.28. The molecule has 2 aromatic carbocycles. The minimum atomic E-state index is -0.643. The Morgan fingerprint density at radius 1 is 0.839 bits per heavy atom. The summed E-state index contributed by atoms with van der Waals surface area (Å²) >= 11 is 0. The number of ketones is 1. The van der Waals surface area contributed by atoms with Crippen LogP contribution in [0.25, 0.3) is 16.5 Å². The minimum absolute atomic E-state index is 0.000841. The molecule has 3 rings (SSSR count).